The third kappa shape index (κ3) is 5.94. The first-order valence-electron chi connectivity index (χ1n) is 5.02. The smallest absolute Gasteiger partial charge is 0.389 e. The molecule has 4 atom stereocenters. The zero-order chi connectivity index (χ0) is 14.8. The maximum atomic E-state index is 10.5. The molecule has 0 radical (unpaired) electrons. The summed E-state index contributed by atoms with van der Waals surface area (Å²) in [4.78, 5) is 34.0. The topological polar surface area (TPSA) is 186 Å². The van der Waals surface area contributed by atoms with Crippen LogP contribution in [0.3, 0.4) is 0 Å². The molecular formula is C6H15NO10P2. The summed E-state index contributed by atoms with van der Waals surface area (Å²) in [5.41, 5.74) is 0. The van der Waals surface area contributed by atoms with Gasteiger partial charge in [-0.1, -0.05) is 0 Å². The van der Waals surface area contributed by atoms with E-state index in [1.165, 1.54) is 0 Å². The van der Waals surface area contributed by atoms with E-state index in [1.807, 2.05) is 0 Å². The number of hydrogen-bond donors (Lipinski definition) is 7. The maximum Gasteiger partial charge on any atom is 0.469 e. The minimum Gasteiger partial charge on any atom is -0.389 e. The summed E-state index contributed by atoms with van der Waals surface area (Å²) >= 11 is 0. The first kappa shape index (κ1) is 17.2. The lowest BCUT2D eigenvalue weighted by Crippen LogP contribution is -2.38. The summed E-state index contributed by atoms with van der Waals surface area (Å²) in [5.74, 6) is 0. The molecule has 0 aromatic rings. The second kappa shape index (κ2) is 6.25. The van der Waals surface area contributed by atoms with E-state index >= 15 is 0 Å². The zero-order valence-corrected chi connectivity index (χ0v) is 11.2. The number of hydrogen-bond acceptors (Lipinski definition) is 7. The molecule has 0 aliphatic carbocycles. The normalized spacial score (nSPS) is 32.7. The standard InChI is InChI=1S/C6H15NO10P2/c8-5-3(1-16-18(10,11)12)7-4(6(5)9)2-17-19(13,14)15/h3-9H,1-2H2,(H2,10,11,12)(H2,13,14,15)/t3-,4-,5-,6+/m1/s1. The van der Waals surface area contributed by atoms with Gasteiger partial charge in [-0.15, -0.1) is 0 Å². The van der Waals surface area contributed by atoms with E-state index in [-0.39, 0.29) is 0 Å². The Morgan fingerprint density at radius 2 is 1.16 bits per heavy atom. The Kier molecular flexibility index (Phi) is 5.64. The first-order valence-corrected chi connectivity index (χ1v) is 8.08. The van der Waals surface area contributed by atoms with Crippen LogP contribution in [-0.4, -0.2) is 67.3 Å². The Bertz CT molecular complexity index is 355. The van der Waals surface area contributed by atoms with Crippen molar-refractivity contribution < 1.29 is 48.0 Å². The molecule has 1 saturated heterocycles. The van der Waals surface area contributed by atoms with Gasteiger partial charge in [-0.05, 0) is 0 Å². The molecule has 1 aliphatic rings. The Morgan fingerprint density at radius 1 is 0.842 bits per heavy atom. The van der Waals surface area contributed by atoms with Gasteiger partial charge in [0.15, 0.2) is 0 Å². The van der Waals surface area contributed by atoms with Crippen LogP contribution in [-0.2, 0) is 18.2 Å². The van der Waals surface area contributed by atoms with Crippen molar-refractivity contribution in [3.8, 4) is 0 Å². The van der Waals surface area contributed by atoms with Crippen LogP contribution in [0.2, 0.25) is 0 Å². The highest BCUT2D eigenvalue weighted by Crippen LogP contribution is 2.38. The van der Waals surface area contributed by atoms with Gasteiger partial charge in [0.05, 0.1) is 37.5 Å². The van der Waals surface area contributed by atoms with Gasteiger partial charge in [-0.2, -0.15) is 0 Å². The van der Waals surface area contributed by atoms with Crippen LogP contribution >= 0.6 is 15.6 Å². The van der Waals surface area contributed by atoms with Gasteiger partial charge in [0, 0.05) is 0 Å². The van der Waals surface area contributed by atoms with Crippen molar-refractivity contribution >= 4 is 15.6 Å². The zero-order valence-electron chi connectivity index (χ0n) is 9.43. The predicted molar refractivity (Wildman–Crippen MR) is 58.7 cm³/mol. The van der Waals surface area contributed by atoms with Crippen LogP contribution in [0.4, 0.5) is 0 Å². The van der Waals surface area contributed by atoms with Crippen molar-refractivity contribution in [3.05, 3.63) is 0 Å². The van der Waals surface area contributed by atoms with Crippen molar-refractivity contribution in [2.45, 2.75) is 24.3 Å². The van der Waals surface area contributed by atoms with Crippen molar-refractivity contribution in [2.75, 3.05) is 13.2 Å². The average molecular weight is 323 g/mol. The van der Waals surface area contributed by atoms with Crippen molar-refractivity contribution in [1.29, 1.82) is 0 Å². The number of rotatable bonds is 6. The fourth-order valence-corrected chi connectivity index (χ4v) is 2.31. The van der Waals surface area contributed by atoms with E-state index < -0.39 is 53.2 Å². The highest BCUT2D eigenvalue weighted by atomic mass is 31.2. The summed E-state index contributed by atoms with van der Waals surface area (Å²) < 4.78 is 29.3. The molecule has 19 heavy (non-hydrogen) atoms. The van der Waals surface area contributed by atoms with E-state index in [2.05, 4.69) is 14.4 Å². The van der Waals surface area contributed by atoms with Crippen molar-refractivity contribution in [3.63, 3.8) is 0 Å². The molecule has 0 unspecified atom stereocenters. The molecule has 1 heterocycles. The van der Waals surface area contributed by atoms with Crippen LogP contribution in [0.5, 0.6) is 0 Å². The number of nitrogens with one attached hydrogen (secondary N) is 1. The lowest BCUT2D eigenvalue weighted by Gasteiger charge is -2.15. The van der Waals surface area contributed by atoms with Gasteiger partial charge >= 0.3 is 15.6 Å². The number of aliphatic hydroxyl groups is 2. The fraction of sp³-hybridized carbons (Fsp3) is 1.00. The predicted octanol–water partition coefficient (Wildman–Crippen LogP) is -2.73. The number of phosphoric acid groups is 2. The van der Waals surface area contributed by atoms with E-state index in [0.717, 1.165) is 0 Å². The van der Waals surface area contributed by atoms with Crippen molar-refractivity contribution in [2.24, 2.45) is 0 Å². The average Bonchev–Trinajstić information content (AvgIpc) is 2.49. The summed E-state index contributed by atoms with van der Waals surface area (Å²) in [5, 5.41) is 21.6. The Balaban J connectivity index is 2.51. The lowest BCUT2D eigenvalue weighted by atomic mass is 10.1. The van der Waals surface area contributed by atoms with Gasteiger partial charge in [0.1, 0.15) is 0 Å². The van der Waals surface area contributed by atoms with Crippen molar-refractivity contribution in [1.82, 2.24) is 5.32 Å². The molecule has 0 spiro atoms. The highest BCUT2D eigenvalue weighted by Gasteiger charge is 2.42. The third-order valence-electron chi connectivity index (χ3n) is 2.45. The van der Waals surface area contributed by atoms with Gasteiger partial charge in [0.25, 0.3) is 0 Å². The van der Waals surface area contributed by atoms with Crippen LogP contribution in [0.1, 0.15) is 0 Å². The lowest BCUT2D eigenvalue weighted by molar-refractivity contribution is 0.0125. The molecule has 0 bridgehead atoms. The molecule has 1 aliphatic heterocycles. The van der Waals surface area contributed by atoms with Gasteiger partial charge in [-0.25, -0.2) is 9.13 Å². The van der Waals surface area contributed by atoms with Crippen LogP contribution in [0, 0.1) is 0 Å². The monoisotopic (exact) mass is 323 g/mol. The summed E-state index contributed by atoms with van der Waals surface area (Å²) in [6, 6.07) is -2.01. The summed E-state index contributed by atoms with van der Waals surface area (Å²) in [6.45, 7) is -1.18. The summed E-state index contributed by atoms with van der Waals surface area (Å²) in [7, 11) is -9.43. The highest BCUT2D eigenvalue weighted by molar-refractivity contribution is 7.46. The molecular weight excluding hydrogens is 308 g/mol. The minimum absolute atomic E-state index is 0.588. The minimum atomic E-state index is -4.71. The molecule has 11 nitrogen and oxygen atoms in total. The molecule has 13 heteroatoms. The Hall–Kier alpha value is 0.1000. The second-order valence-electron chi connectivity index (χ2n) is 3.93. The SMILES string of the molecule is O=P(O)(O)OC[C@H]1N[C@H](COP(=O)(O)O)[C@@H](O)[C@H]1O. The second-order valence-corrected chi connectivity index (χ2v) is 6.41. The quantitative estimate of drug-likeness (QED) is 0.251. The fourth-order valence-electron chi connectivity index (χ4n) is 1.60. The van der Waals surface area contributed by atoms with Gasteiger partial charge < -0.3 is 35.1 Å². The number of phosphoric ester groups is 2. The molecule has 1 rings (SSSR count). The molecule has 0 saturated carbocycles. The molecule has 7 N–H and O–H groups in total. The Labute approximate surface area is 107 Å². The maximum absolute atomic E-state index is 10.5. The first-order chi connectivity index (χ1) is 8.49. The molecule has 114 valence electrons. The molecule has 1 fully saturated rings. The molecule has 0 amide bonds. The largest absolute Gasteiger partial charge is 0.469 e. The van der Waals surface area contributed by atoms with E-state index in [1.54, 1.807) is 0 Å². The van der Waals surface area contributed by atoms with E-state index in [4.69, 9.17) is 19.6 Å². The van der Waals surface area contributed by atoms with Crippen LogP contribution in [0.25, 0.3) is 0 Å². The van der Waals surface area contributed by atoms with Gasteiger partial charge in [-0.3, -0.25) is 9.05 Å². The molecule has 0 aromatic heterocycles. The van der Waals surface area contributed by atoms with Crippen LogP contribution < -0.4 is 5.32 Å². The van der Waals surface area contributed by atoms with E-state index in [0.29, 0.717) is 0 Å². The number of aliphatic hydroxyl groups excluding tert-OH is 2. The summed E-state index contributed by atoms with van der Waals surface area (Å²) in [6.07, 6.45) is -2.84. The van der Waals surface area contributed by atoms with Crippen LogP contribution in [0.15, 0.2) is 0 Å². The van der Waals surface area contributed by atoms with Gasteiger partial charge in [0.2, 0.25) is 0 Å². The molecule has 0 aromatic carbocycles. The van der Waals surface area contributed by atoms with E-state index in [9.17, 15) is 19.3 Å². The Morgan fingerprint density at radius 3 is 1.42 bits per heavy atom. The third-order valence-corrected chi connectivity index (χ3v) is 3.42.